The quantitative estimate of drug-likeness (QED) is 0.931. The summed E-state index contributed by atoms with van der Waals surface area (Å²) in [7, 11) is 3.87. The molecule has 1 N–H and O–H groups in total. The summed E-state index contributed by atoms with van der Waals surface area (Å²) >= 11 is 0. The van der Waals surface area contributed by atoms with Crippen LogP contribution in [0.3, 0.4) is 0 Å². The Labute approximate surface area is 126 Å². The molecule has 0 aliphatic carbocycles. The van der Waals surface area contributed by atoms with Crippen LogP contribution in [0.1, 0.15) is 16.7 Å². The van der Waals surface area contributed by atoms with Crippen molar-refractivity contribution in [2.24, 2.45) is 0 Å². The maximum Gasteiger partial charge on any atom is 0.118 e. The lowest BCUT2D eigenvalue weighted by Crippen LogP contribution is -2.26. The maximum absolute atomic E-state index is 5.18. The summed E-state index contributed by atoms with van der Waals surface area (Å²) in [5.74, 6) is 0.899. The molecule has 0 saturated carbocycles. The molecular weight excluding hydrogens is 260 g/mol. The Morgan fingerprint density at radius 3 is 2.67 bits per heavy atom. The standard InChI is InChI=1S/C18H22N2O/c1-20-10-9-15-5-6-17(11-16(15)13-20)19-12-14-3-7-18(21-2)8-4-14/h3-8,11,19H,9-10,12-13H2,1-2H3. The minimum atomic E-state index is 0.832. The zero-order valence-electron chi connectivity index (χ0n) is 12.7. The van der Waals surface area contributed by atoms with Crippen molar-refractivity contribution in [1.82, 2.24) is 4.90 Å². The summed E-state index contributed by atoms with van der Waals surface area (Å²) in [5.41, 5.74) is 5.39. The van der Waals surface area contributed by atoms with Crippen molar-refractivity contribution in [3.05, 3.63) is 59.2 Å². The van der Waals surface area contributed by atoms with Gasteiger partial charge in [0.1, 0.15) is 5.75 Å². The van der Waals surface area contributed by atoms with Gasteiger partial charge in [-0.1, -0.05) is 18.2 Å². The van der Waals surface area contributed by atoms with E-state index in [1.807, 2.05) is 12.1 Å². The molecular formula is C18H22N2O. The van der Waals surface area contributed by atoms with Crippen LogP contribution < -0.4 is 10.1 Å². The van der Waals surface area contributed by atoms with Crippen LogP contribution in [0.15, 0.2) is 42.5 Å². The first kappa shape index (κ1) is 14.0. The third kappa shape index (κ3) is 3.37. The fourth-order valence-corrected chi connectivity index (χ4v) is 2.76. The first-order valence-electron chi connectivity index (χ1n) is 7.42. The van der Waals surface area contributed by atoms with E-state index in [0.29, 0.717) is 0 Å². The van der Waals surface area contributed by atoms with E-state index >= 15 is 0 Å². The molecule has 110 valence electrons. The van der Waals surface area contributed by atoms with Gasteiger partial charge in [-0.25, -0.2) is 0 Å². The minimum Gasteiger partial charge on any atom is -0.497 e. The van der Waals surface area contributed by atoms with Gasteiger partial charge in [-0.3, -0.25) is 0 Å². The monoisotopic (exact) mass is 282 g/mol. The molecule has 21 heavy (non-hydrogen) atoms. The number of methoxy groups -OCH3 is 1. The zero-order valence-corrected chi connectivity index (χ0v) is 12.7. The van der Waals surface area contributed by atoms with E-state index < -0.39 is 0 Å². The predicted octanol–water partition coefficient (Wildman–Crippen LogP) is 3.30. The summed E-state index contributed by atoms with van der Waals surface area (Å²) in [6.07, 6.45) is 1.16. The third-order valence-corrected chi connectivity index (χ3v) is 4.07. The topological polar surface area (TPSA) is 24.5 Å². The van der Waals surface area contributed by atoms with E-state index in [1.165, 1.54) is 22.4 Å². The number of benzene rings is 2. The molecule has 0 atom stereocenters. The first-order chi connectivity index (χ1) is 10.2. The molecule has 0 amide bonds. The van der Waals surface area contributed by atoms with Crippen molar-refractivity contribution < 1.29 is 4.74 Å². The summed E-state index contributed by atoms with van der Waals surface area (Å²) in [6.45, 7) is 3.04. The molecule has 0 aromatic heterocycles. The lowest BCUT2D eigenvalue weighted by Gasteiger charge is -2.25. The van der Waals surface area contributed by atoms with Gasteiger partial charge in [0.15, 0.2) is 0 Å². The van der Waals surface area contributed by atoms with E-state index in [4.69, 9.17) is 4.74 Å². The molecule has 2 aromatic rings. The van der Waals surface area contributed by atoms with Crippen molar-refractivity contribution in [3.8, 4) is 5.75 Å². The number of hydrogen-bond acceptors (Lipinski definition) is 3. The highest BCUT2D eigenvalue weighted by Crippen LogP contribution is 2.22. The average Bonchev–Trinajstić information content (AvgIpc) is 2.53. The van der Waals surface area contributed by atoms with E-state index in [1.54, 1.807) is 7.11 Å². The number of nitrogens with zero attached hydrogens (tertiary/aromatic N) is 1. The van der Waals surface area contributed by atoms with Gasteiger partial charge in [0, 0.05) is 25.3 Å². The van der Waals surface area contributed by atoms with Gasteiger partial charge in [-0.15, -0.1) is 0 Å². The van der Waals surface area contributed by atoms with Gasteiger partial charge in [-0.05, 0) is 54.4 Å². The summed E-state index contributed by atoms with van der Waals surface area (Å²) in [6, 6.07) is 14.9. The molecule has 3 heteroatoms. The Morgan fingerprint density at radius 1 is 1.10 bits per heavy atom. The minimum absolute atomic E-state index is 0.832. The van der Waals surface area contributed by atoms with Crippen LogP contribution in [0.4, 0.5) is 5.69 Å². The molecule has 1 aliphatic rings. The van der Waals surface area contributed by atoms with E-state index in [0.717, 1.165) is 31.8 Å². The highest BCUT2D eigenvalue weighted by Gasteiger charge is 2.12. The summed E-state index contributed by atoms with van der Waals surface area (Å²) in [4.78, 5) is 2.37. The van der Waals surface area contributed by atoms with Crippen LogP contribution in [0.5, 0.6) is 5.75 Å². The van der Waals surface area contributed by atoms with Crippen molar-refractivity contribution in [1.29, 1.82) is 0 Å². The van der Waals surface area contributed by atoms with Crippen molar-refractivity contribution in [2.75, 3.05) is 26.0 Å². The Bertz CT molecular complexity index is 607. The molecule has 0 unspecified atom stereocenters. The number of anilines is 1. The highest BCUT2D eigenvalue weighted by atomic mass is 16.5. The molecule has 3 nitrogen and oxygen atoms in total. The third-order valence-electron chi connectivity index (χ3n) is 4.07. The summed E-state index contributed by atoms with van der Waals surface area (Å²) < 4.78 is 5.18. The van der Waals surface area contributed by atoms with Gasteiger partial charge < -0.3 is 15.0 Å². The summed E-state index contributed by atoms with van der Waals surface area (Å²) in [5, 5.41) is 3.50. The second kappa shape index (κ2) is 6.19. The van der Waals surface area contributed by atoms with E-state index in [-0.39, 0.29) is 0 Å². The van der Waals surface area contributed by atoms with Crippen LogP contribution >= 0.6 is 0 Å². The lowest BCUT2D eigenvalue weighted by molar-refractivity contribution is 0.313. The van der Waals surface area contributed by atoms with Gasteiger partial charge in [0.25, 0.3) is 0 Å². The second-order valence-corrected chi connectivity index (χ2v) is 5.67. The highest BCUT2D eigenvalue weighted by molar-refractivity contribution is 5.50. The number of ether oxygens (including phenoxy) is 1. The Kier molecular flexibility index (Phi) is 4.11. The zero-order chi connectivity index (χ0) is 14.7. The SMILES string of the molecule is COc1ccc(CNc2ccc3c(c2)CN(C)CC3)cc1. The van der Waals surface area contributed by atoms with Crippen molar-refractivity contribution in [2.45, 2.75) is 19.5 Å². The largest absolute Gasteiger partial charge is 0.497 e. The van der Waals surface area contributed by atoms with Crippen LogP contribution in [-0.2, 0) is 19.5 Å². The Balaban J connectivity index is 1.66. The number of fused-ring (bicyclic) bond motifs is 1. The second-order valence-electron chi connectivity index (χ2n) is 5.67. The molecule has 2 aromatic carbocycles. The molecule has 0 saturated heterocycles. The van der Waals surface area contributed by atoms with Gasteiger partial charge >= 0.3 is 0 Å². The molecule has 1 aliphatic heterocycles. The van der Waals surface area contributed by atoms with Crippen molar-refractivity contribution in [3.63, 3.8) is 0 Å². The normalized spacial score (nSPS) is 14.6. The molecule has 3 rings (SSSR count). The van der Waals surface area contributed by atoms with Crippen LogP contribution in [0.2, 0.25) is 0 Å². The van der Waals surface area contributed by atoms with Crippen LogP contribution in [0, 0.1) is 0 Å². The van der Waals surface area contributed by atoms with Gasteiger partial charge in [0.05, 0.1) is 7.11 Å². The maximum atomic E-state index is 5.18. The average molecular weight is 282 g/mol. The molecule has 1 heterocycles. The van der Waals surface area contributed by atoms with Crippen LogP contribution in [0.25, 0.3) is 0 Å². The fraction of sp³-hybridized carbons (Fsp3) is 0.333. The Hall–Kier alpha value is -2.00. The van der Waals surface area contributed by atoms with Gasteiger partial charge in [-0.2, -0.15) is 0 Å². The molecule has 0 bridgehead atoms. The number of likely N-dealkylation sites (N-methyl/N-ethyl adjacent to an activating group) is 1. The van der Waals surface area contributed by atoms with Crippen LogP contribution in [-0.4, -0.2) is 25.6 Å². The Morgan fingerprint density at radius 2 is 1.90 bits per heavy atom. The van der Waals surface area contributed by atoms with Crippen molar-refractivity contribution >= 4 is 5.69 Å². The molecule has 0 spiro atoms. The van der Waals surface area contributed by atoms with Gasteiger partial charge in [0.2, 0.25) is 0 Å². The van der Waals surface area contributed by atoms with E-state index in [2.05, 4.69) is 47.6 Å². The number of nitrogens with one attached hydrogen (secondary N) is 1. The number of rotatable bonds is 4. The molecule has 0 fully saturated rings. The lowest BCUT2D eigenvalue weighted by atomic mass is 9.99. The molecule has 0 radical (unpaired) electrons. The fourth-order valence-electron chi connectivity index (χ4n) is 2.76. The number of hydrogen-bond donors (Lipinski definition) is 1. The van der Waals surface area contributed by atoms with E-state index in [9.17, 15) is 0 Å². The smallest absolute Gasteiger partial charge is 0.118 e. The first-order valence-corrected chi connectivity index (χ1v) is 7.42. The predicted molar refractivity (Wildman–Crippen MR) is 86.8 cm³/mol.